The Labute approximate surface area is 51.6 Å². The van der Waals surface area contributed by atoms with E-state index in [4.69, 9.17) is 25.2 Å². The Morgan fingerprint density at radius 1 is 1.56 bits per heavy atom. The maximum atomic E-state index is 10.4. The van der Waals surface area contributed by atoms with Crippen LogP contribution in [0, 0.1) is 0 Å². The van der Waals surface area contributed by atoms with Crippen molar-refractivity contribution in [2.24, 2.45) is 5.73 Å². The van der Waals surface area contributed by atoms with Crippen LogP contribution in [0.3, 0.4) is 0 Å². The molecule has 0 bridgehead atoms. The molecule has 58 valence electrons. The third kappa shape index (κ3) is 288. The van der Waals surface area contributed by atoms with Crippen LogP contribution in [-0.2, 0) is 4.57 Å². The number of aliphatic hydroxyl groups is 1. The molecule has 5 nitrogen and oxygen atoms in total. The first-order valence-electron chi connectivity index (χ1n) is 1.98. The summed E-state index contributed by atoms with van der Waals surface area (Å²) in [5, 5.41) is 7.75. The van der Waals surface area contributed by atoms with Crippen LogP contribution in [0.4, 0.5) is 4.20 Å². The summed E-state index contributed by atoms with van der Waals surface area (Å²) in [7, 11) is -5.14. The third-order valence-electron chi connectivity index (χ3n) is 0.129. The van der Waals surface area contributed by atoms with Crippen LogP contribution < -0.4 is 5.73 Å². The topological polar surface area (TPSA) is 104 Å². The molecule has 0 aromatic carbocycles. The molecule has 5 N–H and O–H groups in total. The Morgan fingerprint density at radius 3 is 1.67 bits per heavy atom. The average Bonchev–Trinajstić information content (AvgIpc) is 1.61. The van der Waals surface area contributed by atoms with E-state index in [1.54, 1.807) is 0 Å². The quantitative estimate of drug-likeness (QED) is 0.369. The molecule has 0 aliphatic carbocycles. The van der Waals surface area contributed by atoms with Gasteiger partial charge in [0.25, 0.3) is 0 Å². The molecular weight excluding hydrogens is 152 g/mol. The summed E-state index contributed by atoms with van der Waals surface area (Å²) < 4.78 is 19.0. The number of hydrogen-bond acceptors (Lipinski definition) is 3. The summed E-state index contributed by atoms with van der Waals surface area (Å²) >= 11 is 0. The van der Waals surface area contributed by atoms with Crippen LogP contribution in [0.1, 0.15) is 0 Å². The third-order valence-corrected chi connectivity index (χ3v) is 0.129. The molecule has 0 radical (unpaired) electrons. The Kier molecular flexibility index (Phi) is 8.00. The minimum Gasteiger partial charge on any atom is -0.395 e. The first kappa shape index (κ1) is 11.8. The lowest BCUT2D eigenvalue weighted by Crippen LogP contribution is -2.02. The second-order valence-corrected chi connectivity index (χ2v) is 1.93. The number of halogens is 1. The van der Waals surface area contributed by atoms with Crippen molar-refractivity contribution < 1.29 is 23.7 Å². The minimum absolute atomic E-state index is 0.0972. The largest absolute Gasteiger partial charge is 0.507 e. The highest BCUT2D eigenvalue weighted by Crippen LogP contribution is 2.34. The molecule has 0 fully saturated rings. The van der Waals surface area contributed by atoms with Crippen molar-refractivity contribution >= 4 is 7.91 Å². The van der Waals surface area contributed by atoms with Crippen LogP contribution in [0.15, 0.2) is 0 Å². The number of rotatable bonds is 1. The minimum atomic E-state index is -5.14. The van der Waals surface area contributed by atoms with Gasteiger partial charge in [0, 0.05) is 6.54 Å². The molecule has 0 unspecified atom stereocenters. The molecule has 0 rings (SSSR count). The summed E-state index contributed by atoms with van der Waals surface area (Å²) in [5.41, 5.74) is 4.78. The van der Waals surface area contributed by atoms with Crippen molar-refractivity contribution in [1.29, 1.82) is 0 Å². The first-order valence-corrected chi connectivity index (χ1v) is 3.48. The van der Waals surface area contributed by atoms with Crippen molar-refractivity contribution in [3.8, 4) is 0 Å². The van der Waals surface area contributed by atoms with E-state index >= 15 is 0 Å². The molecule has 0 spiro atoms. The molecule has 0 saturated carbocycles. The summed E-state index contributed by atoms with van der Waals surface area (Å²) in [4.78, 5) is 13.9. The normalized spacial score (nSPS) is 9.89. The van der Waals surface area contributed by atoms with Gasteiger partial charge in [-0.15, -0.1) is 4.20 Å². The fourth-order valence-electron chi connectivity index (χ4n) is 0. The molecule has 9 heavy (non-hydrogen) atoms. The summed E-state index contributed by atoms with van der Waals surface area (Å²) in [6.45, 7) is 0.472. The van der Waals surface area contributed by atoms with Crippen molar-refractivity contribution in [1.82, 2.24) is 0 Å². The summed E-state index contributed by atoms with van der Waals surface area (Å²) in [6.07, 6.45) is 0. The first-order chi connectivity index (χ1) is 3.91. The standard InChI is InChI=1S/C2H7NO.FH2O3P/c3-1-2-4;1-5(2,3)4/h4H,1-3H2;(H2,2,3,4). The number of hydrogen-bond donors (Lipinski definition) is 4. The van der Waals surface area contributed by atoms with E-state index in [0.717, 1.165) is 0 Å². The predicted molar refractivity (Wildman–Crippen MR) is 29.3 cm³/mol. The molecule has 0 amide bonds. The van der Waals surface area contributed by atoms with E-state index in [-0.39, 0.29) is 6.61 Å². The lowest BCUT2D eigenvalue weighted by atomic mass is 10.8. The van der Waals surface area contributed by atoms with Crippen LogP contribution >= 0.6 is 7.91 Å². The molecule has 0 saturated heterocycles. The van der Waals surface area contributed by atoms with Crippen molar-refractivity contribution in [3.05, 3.63) is 0 Å². The summed E-state index contributed by atoms with van der Waals surface area (Å²) in [5.74, 6) is 0. The van der Waals surface area contributed by atoms with Gasteiger partial charge in [-0.1, -0.05) is 0 Å². The lowest BCUT2D eigenvalue weighted by molar-refractivity contribution is 0.306. The van der Waals surface area contributed by atoms with E-state index < -0.39 is 7.91 Å². The zero-order valence-electron chi connectivity index (χ0n) is 4.57. The molecule has 0 aliphatic rings. The van der Waals surface area contributed by atoms with E-state index in [1.807, 2.05) is 0 Å². The maximum absolute atomic E-state index is 10.4. The van der Waals surface area contributed by atoms with E-state index in [2.05, 4.69) is 0 Å². The van der Waals surface area contributed by atoms with Gasteiger partial charge in [-0.3, -0.25) is 9.79 Å². The molecule has 0 atom stereocenters. The van der Waals surface area contributed by atoms with Gasteiger partial charge in [0.15, 0.2) is 0 Å². The van der Waals surface area contributed by atoms with Crippen LogP contribution in [-0.4, -0.2) is 28.0 Å². The zero-order chi connectivity index (χ0) is 7.91. The zero-order valence-corrected chi connectivity index (χ0v) is 5.46. The predicted octanol–water partition coefficient (Wildman–Crippen LogP) is -1.01. The van der Waals surface area contributed by atoms with Crippen LogP contribution in [0.25, 0.3) is 0 Å². The number of nitrogens with two attached hydrogens (primary N) is 1. The second kappa shape index (κ2) is 6.12. The molecule has 7 heteroatoms. The lowest BCUT2D eigenvalue weighted by Gasteiger charge is -1.77. The van der Waals surface area contributed by atoms with Gasteiger partial charge in [-0.05, 0) is 0 Å². The molecule has 0 aromatic heterocycles. The molecule has 0 heterocycles. The van der Waals surface area contributed by atoms with E-state index in [9.17, 15) is 4.20 Å². The maximum Gasteiger partial charge on any atom is 0.507 e. The molecule has 0 aromatic rings. The van der Waals surface area contributed by atoms with Gasteiger partial charge in [0.2, 0.25) is 0 Å². The van der Waals surface area contributed by atoms with Gasteiger partial charge in [-0.25, -0.2) is 4.57 Å². The SMILES string of the molecule is NCCO.O=P(O)(O)F. The highest BCUT2D eigenvalue weighted by molar-refractivity contribution is 7.45. The Hall–Kier alpha value is -0.0000000000000000555. The molecule has 0 aliphatic heterocycles. The van der Waals surface area contributed by atoms with Gasteiger partial charge in [-0.2, -0.15) is 0 Å². The Morgan fingerprint density at radius 2 is 1.67 bits per heavy atom. The van der Waals surface area contributed by atoms with Gasteiger partial charge in [0.1, 0.15) is 0 Å². The fourth-order valence-corrected chi connectivity index (χ4v) is 0. The molecular formula is C2H9FNO4P. The van der Waals surface area contributed by atoms with Crippen LogP contribution in [0.2, 0.25) is 0 Å². The monoisotopic (exact) mass is 161 g/mol. The van der Waals surface area contributed by atoms with Crippen LogP contribution in [0.5, 0.6) is 0 Å². The average molecular weight is 161 g/mol. The van der Waals surface area contributed by atoms with Crippen molar-refractivity contribution in [2.45, 2.75) is 0 Å². The second-order valence-electron chi connectivity index (χ2n) is 0.985. The van der Waals surface area contributed by atoms with Gasteiger partial charge in [0.05, 0.1) is 6.61 Å². The summed E-state index contributed by atoms with van der Waals surface area (Å²) in [6, 6.07) is 0. The fraction of sp³-hybridized carbons (Fsp3) is 1.00. The Bertz CT molecular complexity index is 82.3. The smallest absolute Gasteiger partial charge is 0.395 e. The van der Waals surface area contributed by atoms with E-state index in [0.29, 0.717) is 6.54 Å². The van der Waals surface area contributed by atoms with Gasteiger partial charge >= 0.3 is 7.91 Å². The van der Waals surface area contributed by atoms with E-state index in [1.165, 1.54) is 0 Å². The highest BCUT2D eigenvalue weighted by atomic mass is 31.2. The van der Waals surface area contributed by atoms with Crippen molar-refractivity contribution in [3.63, 3.8) is 0 Å². The van der Waals surface area contributed by atoms with Gasteiger partial charge < -0.3 is 10.8 Å². The number of aliphatic hydroxyl groups excluding tert-OH is 1. The highest BCUT2D eigenvalue weighted by Gasteiger charge is 2.04. The Balaban J connectivity index is 0. The van der Waals surface area contributed by atoms with Crippen molar-refractivity contribution in [2.75, 3.05) is 13.2 Å².